The van der Waals surface area contributed by atoms with Crippen molar-refractivity contribution in [2.45, 2.75) is 315 Å². The van der Waals surface area contributed by atoms with E-state index in [1.165, 1.54) is 257 Å². The summed E-state index contributed by atoms with van der Waals surface area (Å²) in [6, 6.07) is 0. The summed E-state index contributed by atoms with van der Waals surface area (Å²) in [5.74, 6) is -0.307. The number of quaternary nitrogens is 1. The summed E-state index contributed by atoms with van der Waals surface area (Å²) in [4.78, 5) is 23.1. The third kappa shape index (κ3) is 59.7. The fraction of sp³-hybridized carbons (Fsp3) is 0.919. The quantitative estimate of drug-likeness (QED) is 0.0213. The molecule has 0 bridgehead atoms. The summed E-state index contributed by atoms with van der Waals surface area (Å²) < 4.78 is 35.3. The molecule has 0 aliphatic heterocycles. The molecule has 71 heavy (non-hydrogen) atoms. The van der Waals surface area contributed by atoms with E-state index < -0.39 is 13.9 Å². The van der Waals surface area contributed by atoms with Gasteiger partial charge < -0.3 is 18.9 Å². The molecule has 0 rings (SSSR count). The van der Waals surface area contributed by atoms with E-state index in [2.05, 4.69) is 38.2 Å². The number of esters is 1. The Kier molecular flexibility index (Phi) is 54.4. The van der Waals surface area contributed by atoms with Crippen molar-refractivity contribution in [1.82, 2.24) is 0 Å². The lowest BCUT2D eigenvalue weighted by Crippen LogP contribution is -2.37. The van der Waals surface area contributed by atoms with Gasteiger partial charge in [-0.2, -0.15) is 0 Å². The minimum Gasteiger partial charge on any atom is -0.457 e. The van der Waals surface area contributed by atoms with Crippen LogP contribution in [0, 0.1) is 0 Å². The largest absolute Gasteiger partial charge is 0.472 e. The van der Waals surface area contributed by atoms with Gasteiger partial charge >= 0.3 is 13.8 Å². The predicted molar refractivity (Wildman–Crippen MR) is 307 cm³/mol. The Morgan fingerprint density at radius 1 is 0.423 bits per heavy atom. The number of carbonyl (C=O) groups is 1. The average Bonchev–Trinajstić information content (AvgIpc) is 3.33. The van der Waals surface area contributed by atoms with Gasteiger partial charge in [0.2, 0.25) is 0 Å². The number of allylic oxidation sites excluding steroid dienone is 4. The maximum Gasteiger partial charge on any atom is 0.472 e. The zero-order valence-electron chi connectivity index (χ0n) is 48.2. The molecule has 9 heteroatoms. The highest BCUT2D eigenvalue weighted by Gasteiger charge is 2.26. The Hall–Kier alpha value is -1.02. The SMILES string of the molecule is CCCCCCCCCC/C=C\CCCCCCCCCCCCCCCCOCC(COP(=O)(O)OCC[N+](C)(C)C)OC(=O)CCCCCCCCCCCCC/C=C\CCCCCCCCCC. The zero-order chi connectivity index (χ0) is 51.9. The van der Waals surface area contributed by atoms with E-state index in [4.69, 9.17) is 18.5 Å². The normalized spacial score (nSPS) is 13.5. The molecule has 0 spiro atoms. The number of ether oxygens (including phenoxy) is 2. The molecule has 2 atom stereocenters. The monoisotopic (exact) mass is 1020 g/mol. The van der Waals surface area contributed by atoms with Gasteiger partial charge in [-0.1, -0.05) is 263 Å². The molecule has 0 heterocycles. The molecule has 422 valence electrons. The summed E-state index contributed by atoms with van der Waals surface area (Å²) in [6.45, 7) is 5.69. The van der Waals surface area contributed by atoms with Crippen molar-refractivity contribution in [3.05, 3.63) is 24.3 Å². The van der Waals surface area contributed by atoms with Gasteiger partial charge in [-0.25, -0.2) is 4.57 Å². The number of carbonyl (C=O) groups excluding carboxylic acids is 1. The molecule has 0 aliphatic carbocycles. The summed E-state index contributed by atoms with van der Waals surface area (Å²) in [6.07, 6.45) is 68.3. The van der Waals surface area contributed by atoms with E-state index in [1.807, 2.05) is 21.1 Å². The molecule has 0 aromatic rings. The van der Waals surface area contributed by atoms with Crippen LogP contribution < -0.4 is 0 Å². The van der Waals surface area contributed by atoms with E-state index in [9.17, 15) is 14.3 Å². The number of phosphoric acid groups is 1. The molecule has 1 N–H and O–H groups in total. The van der Waals surface area contributed by atoms with Crippen LogP contribution in [0.15, 0.2) is 24.3 Å². The van der Waals surface area contributed by atoms with Gasteiger partial charge in [0.1, 0.15) is 19.3 Å². The number of hydrogen-bond acceptors (Lipinski definition) is 6. The van der Waals surface area contributed by atoms with Crippen molar-refractivity contribution in [3.8, 4) is 0 Å². The highest BCUT2D eigenvalue weighted by Crippen LogP contribution is 2.43. The maximum absolute atomic E-state index is 12.8. The fourth-order valence-corrected chi connectivity index (χ4v) is 9.94. The number of nitrogens with zero attached hydrogens (tertiary/aromatic N) is 1. The van der Waals surface area contributed by atoms with Crippen molar-refractivity contribution in [1.29, 1.82) is 0 Å². The lowest BCUT2D eigenvalue weighted by molar-refractivity contribution is -0.870. The lowest BCUT2D eigenvalue weighted by atomic mass is 10.0. The first-order valence-corrected chi connectivity index (χ1v) is 32.6. The van der Waals surface area contributed by atoms with Crippen LogP contribution in [0.3, 0.4) is 0 Å². The first kappa shape index (κ1) is 70.0. The molecule has 0 fully saturated rings. The smallest absolute Gasteiger partial charge is 0.457 e. The Morgan fingerprint density at radius 2 is 0.732 bits per heavy atom. The number of unbranched alkanes of at least 4 members (excludes halogenated alkanes) is 41. The number of hydrogen-bond donors (Lipinski definition) is 1. The van der Waals surface area contributed by atoms with Gasteiger partial charge in [-0.15, -0.1) is 0 Å². The highest BCUT2D eigenvalue weighted by atomic mass is 31.2. The Balaban J connectivity index is 4.00. The molecule has 2 unspecified atom stereocenters. The van der Waals surface area contributed by atoms with E-state index in [1.54, 1.807) is 0 Å². The molecule has 0 amide bonds. The average molecular weight is 1030 g/mol. The summed E-state index contributed by atoms with van der Waals surface area (Å²) in [5, 5.41) is 0. The van der Waals surface area contributed by atoms with Crippen LogP contribution in [0.25, 0.3) is 0 Å². The van der Waals surface area contributed by atoms with Gasteiger partial charge in [0.15, 0.2) is 0 Å². The highest BCUT2D eigenvalue weighted by molar-refractivity contribution is 7.47. The predicted octanol–water partition coefficient (Wildman–Crippen LogP) is 19.9. The van der Waals surface area contributed by atoms with Crippen LogP contribution in [0.1, 0.15) is 309 Å². The van der Waals surface area contributed by atoms with Crippen LogP contribution >= 0.6 is 7.82 Å². The van der Waals surface area contributed by atoms with Crippen LogP contribution in [-0.4, -0.2) is 75.6 Å². The number of likely N-dealkylation sites (N-methyl/N-ethyl adjacent to an activating group) is 1. The molecule has 0 aromatic carbocycles. The second kappa shape index (κ2) is 55.2. The molecule has 0 radical (unpaired) electrons. The zero-order valence-corrected chi connectivity index (χ0v) is 49.1. The van der Waals surface area contributed by atoms with Crippen LogP contribution in [0.2, 0.25) is 0 Å². The fourth-order valence-electron chi connectivity index (χ4n) is 9.19. The molecule has 0 aromatic heterocycles. The standard InChI is InChI=1S/C62H122NO7P/c1-6-8-10-12-14-16-18-20-22-24-26-28-30-31-32-34-36-38-40-42-44-46-48-50-52-54-57-67-59-61(60-69-71(65,66)68-58-56-63(3,4)5)70-62(64)55-53-51-49-47-45-43-41-39-37-35-33-29-27-25-23-21-19-17-15-13-11-9-7-2/h24-27,61H,6-23,28-60H2,1-5H3/p+1/b26-24-,27-25-. The molecule has 0 saturated carbocycles. The second-order valence-electron chi connectivity index (χ2n) is 22.4. The number of phosphoric ester groups is 1. The lowest BCUT2D eigenvalue weighted by Gasteiger charge is -2.24. The Bertz CT molecular complexity index is 1190. The van der Waals surface area contributed by atoms with Crippen molar-refractivity contribution in [3.63, 3.8) is 0 Å². The van der Waals surface area contributed by atoms with Gasteiger partial charge in [0.05, 0.1) is 34.4 Å². The molecular weight excluding hydrogens is 902 g/mol. The second-order valence-corrected chi connectivity index (χ2v) is 23.9. The maximum atomic E-state index is 12.8. The van der Waals surface area contributed by atoms with Gasteiger partial charge in [-0.05, 0) is 64.2 Å². The van der Waals surface area contributed by atoms with Gasteiger partial charge in [0.25, 0.3) is 0 Å². The first-order valence-electron chi connectivity index (χ1n) is 31.1. The Morgan fingerprint density at radius 3 is 1.07 bits per heavy atom. The summed E-state index contributed by atoms with van der Waals surface area (Å²) >= 11 is 0. The van der Waals surface area contributed by atoms with Crippen molar-refractivity contribution in [2.24, 2.45) is 0 Å². The Labute approximate surface area is 443 Å². The summed E-state index contributed by atoms with van der Waals surface area (Å²) in [7, 11) is 1.68. The van der Waals surface area contributed by atoms with E-state index in [0.29, 0.717) is 24.1 Å². The van der Waals surface area contributed by atoms with Crippen molar-refractivity contribution >= 4 is 13.8 Å². The molecule has 0 aliphatic rings. The van der Waals surface area contributed by atoms with E-state index in [0.717, 1.165) is 32.1 Å². The minimum absolute atomic E-state index is 0.0911. The van der Waals surface area contributed by atoms with Crippen LogP contribution in [0.4, 0.5) is 0 Å². The van der Waals surface area contributed by atoms with Crippen LogP contribution in [0.5, 0.6) is 0 Å². The van der Waals surface area contributed by atoms with E-state index in [-0.39, 0.29) is 25.8 Å². The van der Waals surface area contributed by atoms with Crippen molar-refractivity contribution in [2.75, 3.05) is 54.1 Å². The molecule has 0 saturated heterocycles. The van der Waals surface area contributed by atoms with Gasteiger partial charge in [0, 0.05) is 13.0 Å². The third-order valence-electron chi connectivity index (χ3n) is 14.0. The minimum atomic E-state index is -4.28. The first-order chi connectivity index (χ1) is 34.6. The summed E-state index contributed by atoms with van der Waals surface area (Å²) in [5.41, 5.74) is 0. The van der Waals surface area contributed by atoms with Crippen LogP contribution in [-0.2, 0) is 27.9 Å². The molecule has 8 nitrogen and oxygen atoms in total. The van der Waals surface area contributed by atoms with E-state index >= 15 is 0 Å². The number of rotatable bonds is 59. The van der Waals surface area contributed by atoms with Gasteiger partial charge in [-0.3, -0.25) is 13.8 Å². The topological polar surface area (TPSA) is 91.3 Å². The van der Waals surface area contributed by atoms with Crippen molar-refractivity contribution < 1.29 is 37.3 Å². The third-order valence-corrected chi connectivity index (χ3v) is 15.0. The molecular formula is C62H123NO7P+.